The maximum atomic E-state index is 11.9. The van der Waals surface area contributed by atoms with Crippen molar-refractivity contribution in [2.24, 2.45) is 5.92 Å². The number of hydrogen-bond donors (Lipinski definition) is 2. The fourth-order valence-corrected chi connectivity index (χ4v) is 1.52. The summed E-state index contributed by atoms with van der Waals surface area (Å²) in [5.41, 5.74) is 0.342. The molecular formula is C15H18N4O. The van der Waals surface area contributed by atoms with Crippen molar-refractivity contribution in [3.8, 4) is 12.1 Å². The summed E-state index contributed by atoms with van der Waals surface area (Å²) in [7, 11) is 0. The maximum absolute atomic E-state index is 11.9. The zero-order valence-electron chi connectivity index (χ0n) is 11.9. The van der Waals surface area contributed by atoms with Crippen LogP contribution in [0.25, 0.3) is 0 Å². The number of hydrogen-bond acceptors (Lipinski definition) is 4. The quantitative estimate of drug-likeness (QED) is 0.856. The lowest BCUT2D eigenvalue weighted by Gasteiger charge is -2.27. The Labute approximate surface area is 119 Å². The molecule has 1 aromatic rings. The molecular weight excluding hydrogens is 252 g/mol. The first-order valence-corrected chi connectivity index (χ1v) is 6.37. The summed E-state index contributed by atoms with van der Waals surface area (Å²) < 4.78 is 0. The van der Waals surface area contributed by atoms with Gasteiger partial charge < -0.3 is 10.6 Å². The smallest absolute Gasteiger partial charge is 0.240 e. The summed E-state index contributed by atoms with van der Waals surface area (Å²) in [6, 6.07) is 11.0. The van der Waals surface area contributed by atoms with Gasteiger partial charge in [-0.05, 0) is 31.0 Å². The number of nitrogens with one attached hydrogen (secondary N) is 2. The van der Waals surface area contributed by atoms with E-state index < -0.39 is 5.54 Å². The van der Waals surface area contributed by atoms with Gasteiger partial charge in [0.25, 0.3) is 0 Å². The van der Waals surface area contributed by atoms with E-state index in [1.54, 1.807) is 31.2 Å². The van der Waals surface area contributed by atoms with Crippen molar-refractivity contribution in [3.63, 3.8) is 0 Å². The van der Waals surface area contributed by atoms with E-state index in [2.05, 4.69) is 16.7 Å². The van der Waals surface area contributed by atoms with Gasteiger partial charge in [-0.2, -0.15) is 10.5 Å². The number of benzene rings is 1. The maximum Gasteiger partial charge on any atom is 0.240 e. The second kappa shape index (κ2) is 6.58. The molecule has 0 radical (unpaired) electrons. The molecule has 0 spiro atoms. The number of amides is 1. The van der Waals surface area contributed by atoms with E-state index in [0.29, 0.717) is 11.3 Å². The number of carbonyl (C=O) groups excluding carboxylic acids is 1. The van der Waals surface area contributed by atoms with Gasteiger partial charge in [0.1, 0.15) is 5.54 Å². The SMILES string of the molecule is CC(C)C(C)(C#N)NC(=O)CNc1cccc(C#N)c1. The van der Waals surface area contributed by atoms with Crippen LogP contribution in [0.1, 0.15) is 26.3 Å². The molecule has 1 amide bonds. The number of nitrogens with zero attached hydrogens (tertiary/aromatic N) is 2. The number of anilines is 1. The molecule has 1 rings (SSSR count). The van der Waals surface area contributed by atoms with Crippen LogP contribution < -0.4 is 10.6 Å². The predicted octanol–water partition coefficient (Wildman–Crippen LogP) is 2.02. The van der Waals surface area contributed by atoms with Gasteiger partial charge in [0.15, 0.2) is 0 Å². The largest absolute Gasteiger partial charge is 0.376 e. The van der Waals surface area contributed by atoms with Gasteiger partial charge in [-0.3, -0.25) is 4.79 Å². The van der Waals surface area contributed by atoms with Crippen LogP contribution in [0, 0.1) is 28.6 Å². The Hall–Kier alpha value is -2.53. The molecule has 20 heavy (non-hydrogen) atoms. The first-order valence-electron chi connectivity index (χ1n) is 6.37. The van der Waals surface area contributed by atoms with E-state index in [0.717, 1.165) is 0 Å². The zero-order valence-corrected chi connectivity index (χ0v) is 11.9. The molecule has 2 N–H and O–H groups in total. The van der Waals surface area contributed by atoms with Crippen LogP contribution in [0.2, 0.25) is 0 Å². The fraction of sp³-hybridized carbons (Fsp3) is 0.400. The lowest BCUT2D eigenvalue weighted by molar-refractivity contribution is -0.121. The van der Waals surface area contributed by atoms with Gasteiger partial charge >= 0.3 is 0 Å². The highest BCUT2D eigenvalue weighted by atomic mass is 16.2. The van der Waals surface area contributed by atoms with Crippen molar-refractivity contribution in [2.75, 3.05) is 11.9 Å². The van der Waals surface area contributed by atoms with E-state index in [4.69, 9.17) is 10.5 Å². The third-order valence-electron chi connectivity index (χ3n) is 3.23. The molecule has 1 atom stereocenters. The summed E-state index contributed by atoms with van der Waals surface area (Å²) in [6.07, 6.45) is 0. The van der Waals surface area contributed by atoms with Crippen molar-refractivity contribution in [2.45, 2.75) is 26.3 Å². The molecule has 0 aliphatic rings. The molecule has 0 saturated heterocycles. The van der Waals surface area contributed by atoms with Gasteiger partial charge in [-0.15, -0.1) is 0 Å². The van der Waals surface area contributed by atoms with Crippen LogP contribution in [0.5, 0.6) is 0 Å². The predicted molar refractivity (Wildman–Crippen MR) is 76.6 cm³/mol. The van der Waals surface area contributed by atoms with Crippen molar-refractivity contribution >= 4 is 11.6 Å². The van der Waals surface area contributed by atoms with Crippen LogP contribution in [0.3, 0.4) is 0 Å². The molecule has 0 aromatic heterocycles. The molecule has 5 nitrogen and oxygen atoms in total. The zero-order chi connectivity index (χ0) is 15.2. The van der Waals surface area contributed by atoms with Crippen LogP contribution in [-0.2, 0) is 4.79 Å². The van der Waals surface area contributed by atoms with Crippen molar-refractivity contribution in [3.05, 3.63) is 29.8 Å². The summed E-state index contributed by atoms with van der Waals surface area (Å²) in [5.74, 6) is -0.247. The average molecular weight is 270 g/mol. The van der Waals surface area contributed by atoms with E-state index in [1.165, 1.54) is 0 Å². The van der Waals surface area contributed by atoms with Crippen LogP contribution in [0.4, 0.5) is 5.69 Å². The lowest BCUT2D eigenvalue weighted by Crippen LogP contribution is -2.50. The molecule has 0 bridgehead atoms. The number of rotatable bonds is 5. The average Bonchev–Trinajstić information content (AvgIpc) is 2.45. The Morgan fingerprint density at radius 2 is 2.10 bits per heavy atom. The van der Waals surface area contributed by atoms with Crippen LogP contribution >= 0.6 is 0 Å². The first kappa shape index (κ1) is 15.5. The summed E-state index contributed by atoms with van der Waals surface area (Å²) in [6.45, 7) is 5.52. The molecule has 1 aromatic carbocycles. The van der Waals surface area contributed by atoms with Crippen molar-refractivity contribution < 1.29 is 4.79 Å². The minimum Gasteiger partial charge on any atom is -0.376 e. The summed E-state index contributed by atoms with van der Waals surface area (Å²) >= 11 is 0. The summed E-state index contributed by atoms with van der Waals surface area (Å²) in [4.78, 5) is 11.9. The molecule has 1 unspecified atom stereocenters. The molecule has 5 heteroatoms. The third-order valence-corrected chi connectivity index (χ3v) is 3.23. The molecule has 0 aliphatic heterocycles. The molecule has 0 heterocycles. The Morgan fingerprint density at radius 3 is 2.65 bits per heavy atom. The van der Waals surface area contributed by atoms with Crippen LogP contribution in [0.15, 0.2) is 24.3 Å². The second-order valence-electron chi connectivity index (χ2n) is 5.06. The minimum atomic E-state index is -0.882. The van der Waals surface area contributed by atoms with E-state index in [-0.39, 0.29) is 18.4 Å². The third kappa shape index (κ3) is 4.00. The minimum absolute atomic E-state index is 0.0124. The standard InChI is InChI=1S/C15H18N4O/c1-11(2)15(3,10-17)19-14(20)9-18-13-6-4-5-12(7-13)8-16/h4-7,11,18H,9H2,1-3H3,(H,19,20). The molecule has 104 valence electrons. The van der Waals surface area contributed by atoms with Gasteiger partial charge in [-0.1, -0.05) is 19.9 Å². The lowest BCUT2D eigenvalue weighted by atomic mass is 9.90. The van der Waals surface area contributed by atoms with Gasteiger partial charge in [-0.25, -0.2) is 0 Å². The molecule has 0 aliphatic carbocycles. The van der Waals surface area contributed by atoms with Crippen molar-refractivity contribution in [1.82, 2.24) is 5.32 Å². The molecule has 0 fully saturated rings. The van der Waals surface area contributed by atoms with Gasteiger partial charge in [0.2, 0.25) is 5.91 Å². The Bertz CT molecular complexity index is 568. The van der Waals surface area contributed by atoms with Crippen LogP contribution in [-0.4, -0.2) is 18.0 Å². The van der Waals surface area contributed by atoms with Gasteiger partial charge in [0.05, 0.1) is 24.2 Å². The highest BCUT2D eigenvalue weighted by Crippen LogP contribution is 2.15. The number of nitriles is 2. The van der Waals surface area contributed by atoms with E-state index in [9.17, 15) is 4.79 Å². The van der Waals surface area contributed by atoms with E-state index >= 15 is 0 Å². The fourth-order valence-electron chi connectivity index (χ4n) is 1.52. The van der Waals surface area contributed by atoms with Gasteiger partial charge in [0, 0.05) is 5.69 Å². The Kier molecular flexibility index (Phi) is 5.11. The van der Waals surface area contributed by atoms with Crippen molar-refractivity contribution in [1.29, 1.82) is 10.5 Å². The second-order valence-corrected chi connectivity index (χ2v) is 5.06. The normalized spacial score (nSPS) is 12.9. The first-order chi connectivity index (χ1) is 9.41. The highest BCUT2D eigenvalue weighted by Gasteiger charge is 2.29. The highest BCUT2D eigenvalue weighted by molar-refractivity contribution is 5.81. The monoisotopic (exact) mass is 270 g/mol. The van der Waals surface area contributed by atoms with E-state index in [1.807, 2.05) is 19.9 Å². The molecule has 0 saturated carbocycles. The Morgan fingerprint density at radius 1 is 1.40 bits per heavy atom. The number of carbonyl (C=O) groups is 1. The summed E-state index contributed by atoms with van der Waals surface area (Å²) in [5, 5.41) is 23.6. The topological polar surface area (TPSA) is 88.7 Å². The Balaban J connectivity index is 2.60.